The van der Waals surface area contributed by atoms with Gasteiger partial charge < -0.3 is 0 Å². The van der Waals surface area contributed by atoms with E-state index in [-0.39, 0.29) is 17.5 Å². The van der Waals surface area contributed by atoms with Crippen molar-refractivity contribution >= 4 is 35.1 Å². The molecule has 4 heteroatoms. The van der Waals surface area contributed by atoms with E-state index in [1.807, 2.05) is 6.26 Å². The van der Waals surface area contributed by atoms with Crippen LogP contribution in [0.1, 0.15) is 13.8 Å². The standard InChI is InChI=1S/C11H18O2S2/c1-8(9(2)12)5-15-7-11(6-14-4)10(3)13/h11H,1,5-7H2,2-4H3. The third kappa shape index (κ3) is 6.79. The van der Waals surface area contributed by atoms with Crippen LogP contribution in [0.15, 0.2) is 12.2 Å². The normalized spacial score (nSPS) is 12.2. The van der Waals surface area contributed by atoms with Gasteiger partial charge in [-0.15, -0.1) is 0 Å². The Balaban J connectivity index is 3.85. The van der Waals surface area contributed by atoms with E-state index in [2.05, 4.69) is 6.58 Å². The van der Waals surface area contributed by atoms with Crippen LogP contribution in [0.4, 0.5) is 0 Å². The zero-order valence-electron chi connectivity index (χ0n) is 9.54. The summed E-state index contributed by atoms with van der Waals surface area (Å²) in [5.41, 5.74) is 0.631. The van der Waals surface area contributed by atoms with Crippen LogP contribution in [-0.2, 0) is 9.59 Å². The van der Waals surface area contributed by atoms with Gasteiger partial charge in [0.25, 0.3) is 0 Å². The van der Waals surface area contributed by atoms with Crippen molar-refractivity contribution in [1.29, 1.82) is 0 Å². The molecule has 0 fully saturated rings. The Morgan fingerprint density at radius 3 is 2.27 bits per heavy atom. The van der Waals surface area contributed by atoms with Crippen molar-refractivity contribution in [3.05, 3.63) is 12.2 Å². The fourth-order valence-electron chi connectivity index (χ4n) is 0.910. The Kier molecular flexibility index (Phi) is 7.88. The Morgan fingerprint density at radius 2 is 1.87 bits per heavy atom. The average Bonchev–Trinajstić information content (AvgIpc) is 2.15. The number of rotatable bonds is 8. The summed E-state index contributed by atoms with van der Waals surface area (Å²) in [4.78, 5) is 22.1. The second kappa shape index (κ2) is 7.99. The molecule has 0 aromatic rings. The summed E-state index contributed by atoms with van der Waals surface area (Å²) < 4.78 is 0. The lowest BCUT2D eigenvalue weighted by Crippen LogP contribution is -2.17. The van der Waals surface area contributed by atoms with Crippen LogP contribution in [0.25, 0.3) is 0 Å². The molecule has 0 aromatic carbocycles. The Hall–Kier alpha value is -0.220. The molecule has 1 atom stereocenters. The van der Waals surface area contributed by atoms with Gasteiger partial charge in [0.1, 0.15) is 5.78 Å². The van der Waals surface area contributed by atoms with E-state index in [1.165, 1.54) is 6.92 Å². The van der Waals surface area contributed by atoms with Crippen molar-refractivity contribution in [2.45, 2.75) is 13.8 Å². The first-order valence-corrected chi connectivity index (χ1v) is 7.29. The van der Waals surface area contributed by atoms with Crippen LogP contribution in [0, 0.1) is 5.92 Å². The van der Waals surface area contributed by atoms with E-state index in [0.717, 1.165) is 11.5 Å². The Morgan fingerprint density at radius 1 is 1.27 bits per heavy atom. The van der Waals surface area contributed by atoms with E-state index in [9.17, 15) is 9.59 Å². The maximum absolute atomic E-state index is 11.2. The van der Waals surface area contributed by atoms with Crippen LogP contribution in [0.3, 0.4) is 0 Å². The lowest BCUT2D eigenvalue weighted by Gasteiger charge is -2.11. The van der Waals surface area contributed by atoms with Gasteiger partial charge in [0.2, 0.25) is 0 Å². The average molecular weight is 246 g/mol. The molecule has 0 amide bonds. The maximum atomic E-state index is 11.2. The van der Waals surface area contributed by atoms with Crippen molar-refractivity contribution in [1.82, 2.24) is 0 Å². The second-order valence-electron chi connectivity index (χ2n) is 3.44. The minimum Gasteiger partial charge on any atom is -0.300 e. The van der Waals surface area contributed by atoms with Crippen molar-refractivity contribution in [2.75, 3.05) is 23.5 Å². The first kappa shape index (κ1) is 14.8. The molecule has 0 aliphatic heterocycles. The van der Waals surface area contributed by atoms with E-state index in [4.69, 9.17) is 0 Å². The molecule has 0 bridgehead atoms. The van der Waals surface area contributed by atoms with E-state index < -0.39 is 0 Å². The number of thioether (sulfide) groups is 2. The lowest BCUT2D eigenvalue weighted by molar-refractivity contribution is -0.119. The molecule has 0 rings (SSSR count). The van der Waals surface area contributed by atoms with E-state index in [0.29, 0.717) is 11.3 Å². The molecule has 0 aromatic heterocycles. The quantitative estimate of drug-likeness (QED) is 0.616. The highest BCUT2D eigenvalue weighted by Crippen LogP contribution is 2.16. The lowest BCUT2D eigenvalue weighted by atomic mass is 10.1. The van der Waals surface area contributed by atoms with Crippen LogP contribution in [-0.4, -0.2) is 35.1 Å². The molecular formula is C11H18O2S2. The van der Waals surface area contributed by atoms with Crippen LogP contribution in [0.2, 0.25) is 0 Å². The third-order valence-corrected chi connectivity index (χ3v) is 3.96. The molecule has 0 aliphatic rings. The first-order chi connectivity index (χ1) is 6.99. The summed E-state index contributed by atoms with van der Waals surface area (Å²) in [7, 11) is 0. The highest BCUT2D eigenvalue weighted by atomic mass is 32.2. The second-order valence-corrected chi connectivity index (χ2v) is 5.38. The third-order valence-electron chi connectivity index (χ3n) is 2.04. The fraction of sp³-hybridized carbons (Fsp3) is 0.636. The van der Waals surface area contributed by atoms with E-state index in [1.54, 1.807) is 30.4 Å². The van der Waals surface area contributed by atoms with Gasteiger partial charge in [0, 0.05) is 23.2 Å². The van der Waals surface area contributed by atoms with Gasteiger partial charge in [-0.05, 0) is 25.7 Å². The van der Waals surface area contributed by atoms with Crippen LogP contribution >= 0.6 is 23.5 Å². The highest BCUT2D eigenvalue weighted by molar-refractivity contribution is 8.00. The van der Waals surface area contributed by atoms with Gasteiger partial charge in [-0.25, -0.2) is 0 Å². The van der Waals surface area contributed by atoms with Gasteiger partial charge in [0.05, 0.1) is 0 Å². The Bertz CT molecular complexity index is 249. The zero-order chi connectivity index (χ0) is 11.8. The summed E-state index contributed by atoms with van der Waals surface area (Å²) >= 11 is 3.29. The summed E-state index contributed by atoms with van der Waals surface area (Å²) in [6, 6.07) is 0. The summed E-state index contributed by atoms with van der Waals surface area (Å²) in [6.45, 7) is 6.83. The van der Waals surface area contributed by atoms with Crippen molar-refractivity contribution in [2.24, 2.45) is 5.92 Å². The smallest absolute Gasteiger partial charge is 0.156 e. The van der Waals surface area contributed by atoms with Crippen molar-refractivity contribution in [3.63, 3.8) is 0 Å². The van der Waals surface area contributed by atoms with Gasteiger partial charge in [-0.3, -0.25) is 9.59 Å². The number of hydrogen-bond donors (Lipinski definition) is 0. The van der Waals surface area contributed by atoms with Gasteiger partial charge >= 0.3 is 0 Å². The molecule has 86 valence electrons. The molecule has 0 saturated carbocycles. The topological polar surface area (TPSA) is 34.1 Å². The molecule has 0 spiro atoms. The molecule has 1 unspecified atom stereocenters. The molecule has 2 nitrogen and oxygen atoms in total. The minimum absolute atomic E-state index is 0.0340. The molecule has 0 N–H and O–H groups in total. The number of carbonyl (C=O) groups is 2. The zero-order valence-corrected chi connectivity index (χ0v) is 11.2. The summed E-state index contributed by atoms with van der Waals surface area (Å²) in [5.74, 6) is 2.63. The Labute approximate surface area is 100 Å². The van der Waals surface area contributed by atoms with Gasteiger partial charge in [-0.2, -0.15) is 23.5 Å². The number of hydrogen-bond acceptors (Lipinski definition) is 4. The maximum Gasteiger partial charge on any atom is 0.156 e. The molecular weight excluding hydrogens is 228 g/mol. The van der Waals surface area contributed by atoms with Crippen LogP contribution < -0.4 is 0 Å². The molecule has 0 heterocycles. The first-order valence-electron chi connectivity index (χ1n) is 4.74. The summed E-state index contributed by atoms with van der Waals surface area (Å²) in [5, 5.41) is 0. The molecule has 0 aliphatic carbocycles. The predicted octanol–water partition coefficient (Wildman–Crippen LogP) is 2.43. The SMILES string of the molecule is C=C(CSCC(CSC)C(C)=O)C(C)=O. The molecule has 0 saturated heterocycles. The number of Topliss-reactive ketones (excluding diaryl/α,β-unsaturated/α-hetero) is 2. The number of ketones is 2. The predicted molar refractivity (Wildman–Crippen MR) is 69.7 cm³/mol. The van der Waals surface area contributed by atoms with Crippen LogP contribution in [0.5, 0.6) is 0 Å². The number of carbonyl (C=O) groups excluding carboxylic acids is 2. The molecule has 0 radical (unpaired) electrons. The summed E-state index contributed by atoms with van der Waals surface area (Å²) in [6.07, 6.45) is 2.00. The highest BCUT2D eigenvalue weighted by Gasteiger charge is 2.13. The fourth-order valence-corrected chi connectivity index (χ4v) is 3.02. The van der Waals surface area contributed by atoms with E-state index >= 15 is 0 Å². The van der Waals surface area contributed by atoms with Crippen molar-refractivity contribution in [3.8, 4) is 0 Å². The monoisotopic (exact) mass is 246 g/mol. The van der Waals surface area contributed by atoms with Gasteiger partial charge in [-0.1, -0.05) is 6.58 Å². The van der Waals surface area contributed by atoms with Gasteiger partial charge in [0.15, 0.2) is 5.78 Å². The van der Waals surface area contributed by atoms with Crippen molar-refractivity contribution < 1.29 is 9.59 Å². The minimum atomic E-state index is 0.0340. The largest absolute Gasteiger partial charge is 0.300 e. The molecule has 15 heavy (non-hydrogen) atoms.